The van der Waals surface area contributed by atoms with E-state index in [-0.39, 0.29) is 6.61 Å². The molecule has 0 radical (unpaired) electrons. The summed E-state index contributed by atoms with van der Waals surface area (Å²) in [5.41, 5.74) is 1.21. The van der Waals surface area contributed by atoms with Gasteiger partial charge in [-0.3, -0.25) is 0 Å². The molecule has 0 spiro atoms. The lowest BCUT2D eigenvalue weighted by atomic mass is 10.1. The van der Waals surface area contributed by atoms with Gasteiger partial charge in [-0.15, -0.1) is 11.3 Å². The first kappa shape index (κ1) is 11.1. The topological polar surface area (TPSA) is 46.5 Å². The van der Waals surface area contributed by atoms with E-state index >= 15 is 0 Å². The molecule has 0 fully saturated rings. The Kier molecular flexibility index (Phi) is 3.54. The molecule has 1 heterocycles. The third kappa shape index (κ3) is 2.59. The van der Waals surface area contributed by atoms with Crippen LogP contribution in [0.25, 0.3) is 10.1 Å². The Morgan fingerprint density at radius 1 is 1.38 bits per heavy atom. The van der Waals surface area contributed by atoms with Crippen molar-refractivity contribution in [1.82, 2.24) is 0 Å². The number of hydrogen-bond acceptors (Lipinski definition) is 3. The van der Waals surface area contributed by atoms with E-state index in [1.807, 2.05) is 6.07 Å². The van der Waals surface area contributed by atoms with Crippen LogP contribution in [0.15, 0.2) is 29.6 Å². The summed E-state index contributed by atoms with van der Waals surface area (Å²) in [7, 11) is 0. The number of carboxylic acid groups (broad SMARTS) is 1. The maximum Gasteiger partial charge on any atom is 0.329 e. The van der Waals surface area contributed by atoms with Crippen LogP contribution in [0, 0.1) is 0 Å². The highest BCUT2D eigenvalue weighted by Gasteiger charge is 2.02. The number of hydrogen-bond donors (Lipinski definition) is 1. The Morgan fingerprint density at radius 3 is 3.06 bits per heavy atom. The summed E-state index contributed by atoms with van der Waals surface area (Å²) in [6.07, 6.45) is 0.751. The number of benzene rings is 1. The van der Waals surface area contributed by atoms with Crippen LogP contribution in [0.5, 0.6) is 0 Å². The molecule has 84 valence electrons. The van der Waals surface area contributed by atoms with Crippen molar-refractivity contribution in [2.24, 2.45) is 0 Å². The molecule has 0 bridgehead atoms. The number of carbonyl (C=O) groups is 1. The molecule has 16 heavy (non-hydrogen) atoms. The minimum absolute atomic E-state index is 0.223. The normalized spacial score (nSPS) is 10.8. The van der Waals surface area contributed by atoms with Crippen molar-refractivity contribution < 1.29 is 14.6 Å². The minimum atomic E-state index is -0.922. The van der Waals surface area contributed by atoms with Gasteiger partial charge in [0, 0.05) is 4.70 Å². The van der Waals surface area contributed by atoms with Gasteiger partial charge >= 0.3 is 5.97 Å². The van der Waals surface area contributed by atoms with Gasteiger partial charge in [0.05, 0.1) is 6.61 Å². The molecule has 0 saturated heterocycles. The monoisotopic (exact) mass is 236 g/mol. The lowest BCUT2D eigenvalue weighted by molar-refractivity contribution is -0.142. The van der Waals surface area contributed by atoms with Gasteiger partial charge < -0.3 is 9.84 Å². The van der Waals surface area contributed by atoms with Gasteiger partial charge in [-0.2, -0.15) is 0 Å². The number of fused-ring (bicyclic) bond motifs is 1. The molecule has 0 unspecified atom stereocenters. The Bertz CT molecular complexity index is 490. The van der Waals surface area contributed by atoms with E-state index in [0.717, 1.165) is 6.42 Å². The third-order valence-corrected chi connectivity index (χ3v) is 3.21. The van der Waals surface area contributed by atoms with Crippen LogP contribution >= 0.6 is 11.3 Å². The molecule has 1 N–H and O–H groups in total. The van der Waals surface area contributed by atoms with Crippen LogP contribution < -0.4 is 0 Å². The number of ether oxygens (including phenoxy) is 1. The highest BCUT2D eigenvalue weighted by molar-refractivity contribution is 7.17. The predicted octanol–water partition coefficient (Wildman–Crippen LogP) is 2.55. The molecule has 2 aromatic rings. The van der Waals surface area contributed by atoms with Crippen molar-refractivity contribution in [3.63, 3.8) is 0 Å². The largest absolute Gasteiger partial charge is 0.480 e. The molecule has 0 aliphatic rings. The van der Waals surface area contributed by atoms with Gasteiger partial charge in [0.1, 0.15) is 6.61 Å². The zero-order chi connectivity index (χ0) is 11.4. The van der Waals surface area contributed by atoms with Crippen LogP contribution in [0.2, 0.25) is 0 Å². The highest BCUT2D eigenvalue weighted by atomic mass is 32.1. The quantitative estimate of drug-likeness (QED) is 0.811. The summed E-state index contributed by atoms with van der Waals surface area (Å²) in [4.78, 5) is 10.3. The molecular weight excluding hydrogens is 224 g/mol. The SMILES string of the molecule is O=C(O)COCCc1cccc2sccc12. The van der Waals surface area contributed by atoms with Crippen molar-refractivity contribution in [3.05, 3.63) is 35.2 Å². The summed E-state index contributed by atoms with van der Waals surface area (Å²) in [5, 5.41) is 11.7. The first-order chi connectivity index (χ1) is 7.77. The summed E-state index contributed by atoms with van der Waals surface area (Å²) in [5.74, 6) is -0.922. The first-order valence-electron chi connectivity index (χ1n) is 5.02. The number of aliphatic carboxylic acids is 1. The van der Waals surface area contributed by atoms with Crippen LogP contribution in [-0.2, 0) is 16.0 Å². The van der Waals surface area contributed by atoms with Crippen molar-refractivity contribution in [2.75, 3.05) is 13.2 Å². The van der Waals surface area contributed by atoms with Crippen molar-refractivity contribution in [3.8, 4) is 0 Å². The van der Waals surface area contributed by atoms with Gasteiger partial charge in [-0.25, -0.2) is 4.79 Å². The lowest BCUT2D eigenvalue weighted by Crippen LogP contribution is -2.09. The van der Waals surface area contributed by atoms with E-state index < -0.39 is 5.97 Å². The molecule has 1 aromatic carbocycles. The minimum Gasteiger partial charge on any atom is -0.480 e. The average molecular weight is 236 g/mol. The molecule has 0 aliphatic heterocycles. The molecular formula is C12H12O3S. The molecule has 0 saturated carbocycles. The molecule has 2 rings (SSSR count). The number of thiophene rings is 1. The van der Waals surface area contributed by atoms with E-state index in [9.17, 15) is 4.79 Å². The number of rotatable bonds is 5. The second kappa shape index (κ2) is 5.09. The molecule has 1 aromatic heterocycles. The predicted molar refractivity (Wildman–Crippen MR) is 64.0 cm³/mol. The highest BCUT2D eigenvalue weighted by Crippen LogP contribution is 2.24. The van der Waals surface area contributed by atoms with E-state index in [0.29, 0.717) is 6.61 Å². The summed E-state index contributed by atoms with van der Waals surface area (Å²) >= 11 is 1.71. The van der Waals surface area contributed by atoms with Gasteiger partial charge in [0.25, 0.3) is 0 Å². The van der Waals surface area contributed by atoms with Crippen molar-refractivity contribution in [1.29, 1.82) is 0 Å². The van der Waals surface area contributed by atoms with E-state index in [1.165, 1.54) is 15.6 Å². The molecule has 0 amide bonds. The van der Waals surface area contributed by atoms with Gasteiger partial charge in [0.2, 0.25) is 0 Å². The Labute approximate surface area is 97.3 Å². The fourth-order valence-corrected chi connectivity index (χ4v) is 2.45. The molecule has 0 aliphatic carbocycles. The fourth-order valence-electron chi connectivity index (χ4n) is 1.62. The summed E-state index contributed by atoms with van der Waals surface area (Å²) in [6, 6.07) is 8.25. The van der Waals surface area contributed by atoms with E-state index in [2.05, 4.69) is 23.6 Å². The third-order valence-electron chi connectivity index (χ3n) is 2.33. The van der Waals surface area contributed by atoms with Gasteiger partial charge in [-0.1, -0.05) is 12.1 Å². The second-order valence-corrected chi connectivity index (χ2v) is 4.39. The first-order valence-corrected chi connectivity index (χ1v) is 5.90. The van der Waals surface area contributed by atoms with Crippen LogP contribution in [-0.4, -0.2) is 24.3 Å². The van der Waals surface area contributed by atoms with Crippen LogP contribution in [0.4, 0.5) is 0 Å². The smallest absolute Gasteiger partial charge is 0.329 e. The zero-order valence-corrected chi connectivity index (χ0v) is 9.50. The zero-order valence-electron chi connectivity index (χ0n) is 8.68. The van der Waals surface area contributed by atoms with E-state index in [4.69, 9.17) is 9.84 Å². The maximum absolute atomic E-state index is 10.3. The average Bonchev–Trinajstić information content (AvgIpc) is 2.72. The molecule has 0 atom stereocenters. The number of carboxylic acids is 1. The molecule has 3 nitrogen and oxygen atoms in total. The van der Waals surface area contributed by atoms with Crippen molar-refractivity contribution >= 4 is 27.4 Å². The van der Waals surface area contributed by atoms with Crippen molar-refractivity contribution in [2.45, 2.75) is 6.42 Å². The van der Waals surface area contributed by atoms with Crippen LogP contribution in [0.1, 0.15) is 5.56 Å². The Morgan fingerprint density at radius 2 is 2.25 bits per heavy atom. The fraction of sp³-hybridized carbons (Fsp3) is 0.250. The summed E-state index contributed by atoms with van der Waals surface area (Å²) in [6.45, 7) is 0.223. The van der Waals surface area contributed by atoms with Gasteiger partial charge in [0.15, 0.2) is 0 Å². The van der Waals surface area contributed by atoms with E-state index in [1.54, 1.807) is 11.3 Å². The summed E-state index contributed by atoms with van der Waals surface area (Å²) < 4.78 is 6.29. The second-order valence-electron chi connectivity index (χ2n) is 3.45. The molecule has 4 heteroatoms. The Hall–Kier alpha value is -1.39. The Balaban J connectivity index is 1.98. The standard InChI is InChI=1S/C12H12O3S/c13-12(14)8-15-6-4-9-2-1-3-11-10(9)5-7-16-11/h1-3,5,7H,4,6,8H2,(H,13,14). The van der Waals surface area contributed by atoms with Crippen LogP contribution in [0.3, 0.4) is 0 Å². The lowest BCUT2D eigenvalue weighted by Gasteiger charge is -2.03. The maximum atomic E-state index is 10.3. The van der Waals surface area contributed by atoms with Gasteiger partial charge in [-0.05, 0) is 34.9 Å².